The summed E-state index contributed by atoms with van der Waals surface area (Å²) in [5.41, 5.74) is 0. The maximum Gasteiger partial charge on any atom is 0.0128 e. The lowest BCUT2D eigenvalue weighted by molar-refractivity contribution is 0.273. The van der Waals surface area contributed by atoms with Gasteiger partial charge in [-0.05, 0) is 36.8 Å². The summed E-state index contributed by atoms with van der Waals surface area (Å²) in [7, 11) is 2.13. The molecular formula is C11H23NS. The van der Waals surface area contributed by atoms with E-state index in [-0.39, 0.29) is 0 Å². The summed E-state index contributed by atoms with van der Waals surface area (Å²) in [5.74, 6) is 4.57. The van der Waals surface area contributed by atoms with Gasteiger partial charge in [-0.2, -0.15) is 11.8 Å². The minimum Gasteiger partial charge on any atom is -0.316 e. The Kier molecular flexibility index (Phi) is 5.18. The van der Waals surface area contributed by atoms with Crippen molar-refractivity contribution in [2.75, 3.05) is 18.6 Å². The first-order chi connectivity index (χ1) is 6.33. The smallest absolute Gasteiger partial charge is 0.0128 e. The second-order valence-corrected chi connectivity index (χ2v) is 5.16. The number of rotatable bonds is 5. The maximum atomic E-state index is 3.53. The lowest BCUT2D eigenvalue weighted by Gasteiger charge is -2.29. The van der Waals surface area contributed by atoms with E-state index in [1.807, 2.05) is 0 Å². The second-order valence-electron chi connectivity index (χ2n) is 4.01. The SMILES string of the molecule is CCC(CC)C(NC)C1CCSC1. The Morgan fingerprint density at radius 1 is 1.38 bits per heavy atom. The van der Waals surface area contributed by atoms with E-state index in [0.29, 0.717) is 0 Å². The highest BCUT2D eigenvalue weighted by molar-refractivity contribution is 7.99. The van der Waals surface area contributed by atoms with Gasteiger partial charge in [-0.3, -0.25) is 0 Å². The Balaban J connectivity index is 2.48. The molecule has 0 aromatic heterocycles. The Labute approximate surface area is 87.1 Å². The first-order valence-corrected chi connectivity index (χ1v) is 6.73. The summed E-state index contributed by atoms with van der Waals surface area (Å²) in [6.07, 6.45) is 4.07. The van der Waals surface area contributed by atoms with Crippen LogP contribution in [0.15, 0.2) is 0 Å². The van der Waals surface area contributed by atoms with Crippen LogP contribution in [0, 0.1) is 11.8 Å². The minimum atomic E-state index is 0.769. The zero-order valence-electron chi connectivity index (χ0n) is 9.18. The monoisotopic (exact) mass is 201 g/mol. The van der Waals surface area contributed by atoms with Gasteiger partial charge in [0.25, 0.3) is 0 Å². The van der Waals surface area contributed by atoms with Crippen LogP contribution in [0.25, 0.3) is 0 Å². The Hall–Kier alpha value is 0.310. The van der Waals surface area contributed by atoms with Crippen LogP contribution in [0.4, 0.5) is 0 Å². The molecule has 1 aliphatic rings. The fourth-order valence-corrected chi connectivity index (χ4v) is 3.80. The number of nitrogens with one attached hydrogen (secondary N) is 1. The third-order valence-electron chi connectivity index (χ3n) is 3.36. The van der Waals surface area contributed by atoms with E-state index in [2.05, 4.69) is 38.0 Å². The minimum absolute atomic E-state index is 0.769. The van der Waals surface area contributed by atoms with Crippen molar-refractivity contribution < 1.29 is 0 Å². The van der Waals surface area contributed by atoms with Gasteiger partial charge in [-0.15, -0.1) is 0 Å². The van der Waals surface area contributed by atoms with Crippen LogP contribution in [-0.2, 0) is 0 Å². The molecule has 1 aliphatic heterocycles. The van der Waals surface area contributed by atoms with Crippen molar-refractivity contribution >= 4 is 11.8 Å². The normalized spacial score (nSPS) is 25.4. The molecule has 2 heteroatoms. The molecule has 0 aromatic carbocycles. The van der Waals surface area contributed by atoms with Crippen LogP contribution < -0.4 is 5.32 Å². The van der Waals surface area contributed by atoms with Crippen molar-refractivity contribution in [3.8, 4) is 0 Å². The maximum absolute atomic E-state index is 3.53. The van der Waals surface area contributed by atoms with Crippen molar-refractivity contribution in [3.05, 3.63) is 0 Å². The Bertz CT molecular complexity index is 126. The molecule has 0 aliphatic carbocycles. The van der Waals surface area contributed by atoms with Gasteiger partial charge in [-0.25, -0.2) is 0 Å². The summed E-state index contributed by atoms with van der Waals surface area (Å²) < 4.78 is 0. The van der Waals surface area contributed by atoms with Crippen molar-refractivity contribution in [3.63, 3.8) is 0 Å². The highest BCUT2D eigenvalue weighted by Crippen LogP contribution is 2.31. The summed E-state index contributed by atoms with van der Waals surface area (Å²) in [6.45, 7) is 4.64. The zero-order chi connectivity index (χ0) is 9.68. The van der Waals surface area contributed by atoms with Gasteiger partial charge in [-0.1, -0.05) is 26.7 Å². The molecule has 0 saturated carbocycles. The quantitative estimate of drug-likeness (QED) is 0.734. The third-order valence-corrected chi connectivity index (χ3v) is 4.55. The van der Waals surface area contributed by atoms with Gasteiger partial charge >= 0.3 is 0 Å². The molecule has 0 amide bonds. The average Bonchev–Trinajstić information content (AvgIpc) is 2.66. The number of hydrogen-bond donors (Lipinski definition) is 1. The van der Waals surface area contributed by atoms with Gasteiger partial charge < -0.3 is 5.32 Å². The molecule has 13 heavy (non-hydrogen) atoms. The van der Waals surface area contributed by atoms with Crippen LogP contribution >= 0.6 is 11.8 Å². The molecule has 1 heterocycles. The van der Waals surface area contributed by atoms with E-state index >= 15 is 0 Å². The molecule has 78 valence electrons. The molecule has 0 spiro atoms. The van der Waals surface area contributed by atoms with Crippen molar-refractivity contribution in [2.24, 2.45) is 11.8 Å². The third kappa shape index (κ3) is 2.88. The number of hydrogen-bond acceptors (Lipinski definition) is 2. The van der Waals surface area contributed by atoms with E-state index in [1.165, 1.54) is 30.8 Å². The van der Waals surface area contributed by atoms with Crippen LogP contribution in [-0.4, -0.2) is 24.6 Å². The molecule has 1 rings (SSSR count). The van der Waals surface area contributed by atoms with Gasteiger partial charge in [0.05, 0.1) is 0 Å². The highest BCUT2D eigenvalue weighted by Gasteiger charge is 2.28. The summed E-state index contributed by atoms with van der Waals surface area (Å²) in [5, 5.41) is 3.53. The Morgan fingerprint density at radius 3 is 2.46 bits per heavy atom. The Morgan fingerprint density at radius 2 is 2.08 bits per heavy atom. The van der Waals surface area contributed by atoms with Crippen LogP contribution in [0.3, 0.4) is 0 Å². The molecule has 1 fully saturated rings. The first kappa shape index (κ1) is 11.4. The standard InChI is InChI=1S/C11H23NS/c1-4-9(5-2)11(12-3)10-6-7-13-8-10/h9-12H,4-8H2,1-3H3. The summed E-state index contributed by atoms with van der Waals surface area (Å²) in [4.78, 5) is 0. The largest absolute Gasteiger partial charge is 0.316 e. The molecule has 2 unspecified atom stereocenters. The van der Waals surface area contributed by atoms with Crippen molar-refractivity contribution in [1.29, 1.82) is 0 Å². The fraction of sp³-hybridized carbons (Fsp3) is 1.00. The predicted molar refractivity (Wildman–Crippen MR) is 62.4 cm³/mol. The van der Waals surface area contributed by atoms with Crippen molar-refractivity contribution in [2.45, 2.75) is 39.2 Å². The highest BCUT2D eigenvalue weighted by atomic mass is 32.2. The molecule has 1 N–H and O–H groups in total. The lowest BCUT2D eigenvalue weighted by atomic mass is 9.84. The molecule has 2 atom stereocenters. The van der Waals surface area contributed by atoms with Gasteiger partial charge in [0.2, 0.25) is 0 Å². The molecule has 1 saturated heterocycles. The van der Waals surface area contributed by atoms with Crippen molar-refractivity contribution in [1.82, 2.24) is 5.32 Å². The summed E-state index contributed by atoms with van der Waals surface area (Å²) in [6, 6.07) is 0.769. The van der Waals surface area contributed by atoms with Gasteiger partial charge in [0.1, 0.15) is 0 Å². The zero-order valence-corrected chi connectivity index (χ0v) is 9.99. The second kappa shape index (κ2) is 5.92. The fourth-order valence-electron chi connectivity index (χ4n) is 2.49. The average molecular weight is 201 g/mol. The molecule has 0 radical (unpaired) electrons. The first-order valence-electron chi connectivity index (χ1n) is 5.58. The molecule has 1 nitrogen and oxygen atoms in total. The summed E-state index contributed by atoms with van der Waals surface area (Å²) >= 11 is 2.12. The molecule has 0 aromatic rings. The molecule has 0 bridgehead atoms. The van der Waals surface area contributed by atoms with E-state index in [9.17, 15) is 0 Å². The lowest BCUT2D eigenvalue weighted by Crippen LogP contribution is -2.40. The van der Waals surface area contributed by atoms with Crippen LogP contribution in [0.2, 0.25) is 0 Å². The van der Waals surface area contributed by atoms with Crippen LogP contribution in [0.5, 0.6) is 0 Å². The predicted octanol–water partition coefficient (Wildman–Crippen LogP) is 2.76. The van der Waals surface area contributed by atoms with E-state index in [0.717, 1.165) is 17.9 Å². The van der Waals surface area contributed by atoms with Gasteiger partial charge in [0.15, 0.2) is 0 Å². The van der Waals surface area contributed by atoms with E-state index in [4.69, 9.17) is 0 Å². The van der Waals surface area contributed by atoms with Gasteiger partial charge in [0, 0.05) is 6.04 Å². The van der Waals surface area contributed by atoms with E-state index in [1.54, 1.807) is 0 Å². The van der Waals surface area contributed by atoms with Crippen LogP contribution in [0.1, 0.15) is 33.1 Å². The van der Waals surface area contributed by atoms with E-state index < -0.39 is 0 Å². The molecular weight excluding hydrogens is 178 g/mol. The topological polar surface area (TPSA) is 12.0 Å². The number of thioether (sulfide) groups is 1.